The van der Waals surface area contributed by atoms with E-state index < -0.39 is 0 Å². The fraction of sp³-hybridized carbons (Fsp3) is 0.364. The van der Waals surface area contributed by atoms with Gasteiger partial charge >= 0.3 is 29.6 Å². The molecule has 2 N–H and O–H groups in total. The maximum atomic E-state index is 5.35. The van der Waals surface area contributed by atoms with Gasteiger partial charge in [0.1, 0.15) is 0 Å². The minimum absolute atomic E-state index is 0. The summed E-state index contributed by atoms with van der Waals surface area (Å²) in [6.07, 6.45) is 5.50. The van der Waals surface area contributed by atoms with Crippen LogP contribution in [0.3, 0.4) is 0 Å². The smallest absolute Gasteiger partial charge is 0.870 e. The Bertz CT molecular complexity index is 1780. The second kappa shape index (κ2) is 23.2. The van der Waals surface area contributed by atoms with Crippen molar-refractivity contribution in [2.24, 2.45) is 0 Å². The third-order valence-corrected chi connectivity index (χ3v) is 8.31. The fourth-order valence-corrected chi connectivity index (χ4v) is 5.51. The van der Waals surface area contributed by atoms with Gasteiger partial charge in [0.25, 0.3) is 0 Å². The summed E-state index contributed by atoms with van der Waals surface area (Å²) in [7, 11) is 12.3. The normalized spacial score (nSPS) is 10.6. The molecule has 48 heavy (non-hydrogen) atoms. The predicted octanol–water partition coefficient (Wildman–Crippen LogP) is 4.66. The minimum Gasteiger partial charge on any atom is -0.870 e. The molecule has 0 aliphatic heterocycles. The molecule has 10 nitrogen and oxygen atoms in total. The second-order valence-corrected chi connectivity index (χ2v) is 14.4. The van der Waals surface area contributed by atoms with E-state index >= 15 is 0 Å². The number of nitrogens with zero attached hydrogens (tertiary/aromatic N) is 8. The number of nitrogens with one attached hydrogen (secondary N) is 1. The Balaban J connectivity index is 0.000000331. The van der Waals surface area contributed by atoms with Gasteiger partial charge in [-0.05, 0) is 96.9 Å². The Morgan fingerprint density at radius 1 is 0.625 bits per heavy atom. The molecule has 3 heterocycles. The van der Waals surface area contributed by atoms with Gasteiger partial charge in [0.05, 0.1) is 52.1 Å². The molecule has 0 bridgehead atoms. The predicted molar refractivity (Wildman–Crippen MR) is 207 cm³/mol. The van der Waals surface area contributed by atoms with Gasteiger partial charge in [0.2, 0.25) is 0 Å². The molecule has 3 aromatic heterocycles. The molecule has 0 spiro atoms. The molecule has 0 radical (unpaired) electrons. The summed E-state index contributed by atoms with van der Waals surface area (Å²) in [4.78, 5) is 22.2. The van der Waals surface area contributed by atoms with E-state index in [1.165, 1.54) is 11.0 Å². The maximum Gasteiger partial charge on any atom is 1.00 e. The molecule has 0 aliphatic carbocycles. The molecular formula is C33H44Br3ClN9NaO. The van der Waals surface area contributed by atoms with Crippen molar-refractivity contribution in [3.63, 3.8) is 0 Å². The van der Waals surface area contributed by atoms with Crippen molar-refractivity contribution in [2.75, 3.05) is 67.8 Å². The van der Waals surface area contributed by atoms with Gasteiger partial charge in [-0.15, -0.1) is 11.6 Å². The van der Waals surface area contributed by atoms with Crippen molar-refractivity contribution in [1.29, 1.82) is 0 Å². The van der Waals surface area contributed by atoms with Crippen LogP contribution < -0.4 is 29.6 Å². The first-order valence-corrected chi connectivity index (χ1v) is 17.7. The molecule has 0 amide bonds. The number of halogens is 4. The summed E-state index contributed by atoms with van der Waals surface area (Å²) in [6, 6.07) is 18.3. The molecule has 0 saturated carbocycles. The summed E-state index contributed by atoms with van der Waals surface area (Å²) >= 11 is 15.7. The Labute approximate surface area is 336 Å². The Morgan fingerprint density at radius 3 is 1.69 bits per heavy atom. The van der Waals surface area contributed by atoms with Gasteiger partial charge in [-0.3, -0.25) is 0 Å². The summed E-state index contributed by atoms with van der Waals surface area (Å²) in [6.45, 7) is 4.98. The van der Waals surface area contributed by atoms with Crippen LogP contribution in [-0.4, -0.2) is 117 Å². The monoisotopic (exact) mass is 877 g/mol. The van der Waals surface area contributed by atoms with Crippen molar-refractivity contribution in [1.82, 2.24) is 43.8 Å². The number of aromatic nitrogens is 6. The number of rotatable bonds is 8. The first-order chi connectivity index (χ1) is 22.0. The van der Waals surface area contributed by atoms with Gasteiger partial charge in [-0.1, -0.05) is 47.8 Å². The van der Waals surface area contributed by atoms with E-state index in [9.17, 15) is 0 Å². The summed E-state index contributed by atoms with van der Waals surface area (Å²) in [5.74, 6) is 0.729. The summed E-state index contributed by atoms with van der Waals surface area (Å²) in [5.41, 5.74) is 6.55. The average Bonchev–Trinajstić information content (AvgIpc) is 3.73. The summed E-state index contributed by atoms with van der Waals surface area (Å²) in [5, 5.41) is 0. The van der Waals surface area contributed by atoms with E-state index in [1.807, 2.05) is 68.0 Å². The van der Waals surface area contributed by atoms with Crippen LogP contribution in [0.1, 0.15) is 0 Å². The zero-order valence-electron chi connectivity index (χ0n) is 28.7. The van der Waals surface area contributed by atoms with Crippen LogP contribution in [0.25, 0.3) is 33.1 Å². The molecule has 0 fully saturated rings. The van der Waals surface area contributed by atoms with Crippen molar-refractivity contribution in [2.45, 2.75) is 13.1 Å². The van der Waals surface area contributed by atoms with Crippen molar-refractivity contribution in [3.05, 3.63) is 87.0 Å². The fourth-order valence-electron chi connectivity index (χ4n) is 4.12. The number of likely N-dealkylation sites (N-methyl/N-ethyl adjacent to an activating group) is 2. The number of aromatic amines is 1. The molecular weight excluding hydrogens is 837 g/mol. The number of fused-ring (bicyclic) bond motifs is 3. The SMILES string of the molecule is Brc1ccc2nc[nH]c2c1.CN(C)CCCl.CN(C)CCn1cnc2cc(Br)ccc21.CN(C)CCn1cnc2ccc(Br)cc21.[Na+].[OH-]. The zero-order chi connectivity index (χ0) is 33.6. The van der Waals surface area contributed by atoms with Crippen LogP contribution in [0, 0.1) is 0 Å². The van der Waals surface area contributed by atoms with E-state index in [4.69, 9.17) is 11.6 Å². The molecule has 0 unspecified atom stereocenters. The Morgan fingerprint density at radius 2 is 1.12 bits per heavy atom. The van der Waals surface area contributed by atoms with E-state index in [2.05, 4.69) is 133 Å². The molecule has 256 valence electrons. The van der Waals surface area contributed by atoms with E-state index in [-0.39, 0.29) is 35.0 Å². The molecule has 6 aromatic rings. The van der Waals surface area contributed by atoms with Crippen LogP contribution in [-0.2, 0) is 13.1 Å². The Kier molecular flexibility index (Phi) is 21.6. The number of benzene rings is 3. The van der Waals surface area contributed by atoms with E-state index in [1.54, 1.807) is 6.33 Å². The Hall–Kier alpha value is -1.36. The van der Waals surface area contributed by atoms with Gasteiger partial charge in [-0.25, -0.2) is 15.0 Å². The van der Waals surface area contributed by atoms with Gasteiger partial charge < -0.3 is 34.3 Å². The average molecular weight is 881 g/mol. The first kappa shape index (κ1) is 44.7. The first-order valence-electron chi connectivity index (χ1n) is 14.8. The number of hydrogen-bond acceptors (Lipinski definition) is 7. The molecule has 0 atom stereocenters. The largest absolute Gasteiger partial charge is 1.00 e. The van der Waals surface area contributed by atoms with Crippen molar-refractivity contribution >= 4 is 92.5 Å². The summed E-state index contributed by atoms with van der Waals surface area (Å²) < 4.78 is 7.61. The third kappa shape index (κ3) is 15.3. The van der Waals surface area contributed by atoms with Crippen LogP contribution >= 0.6 is 59.4 Å². The topological polar surface area (TPSA) is 104 Å². The standard InChI is InChI=1S/2C11H14BrN3.C7H5BrN2.C4H10ClN.Na.H2O/c1-14(2)5-6-15-8-13-10-7-9(12)3-4-11(10)15;1-14(2)5-6-15-8-13-10-4-3-9(12)7-11(10)15;8-5-1-2-6-7(3-5)10-4-9-6;1-6(2)4-3-5;;/h2*3-4,7-8H,5-6H2,1-2H3;1-4H,(H,9,10);3-4H2,1-2H3;;1H2/q;;;;+1;/p-1. The van der Waals surface area contributed by atoms with E-state index in [0.717, 1.165) is 74.1 Å². The van der Waals surface area contributed by atoms with Crippen LogP contribution in [0.4, 0.5) is 0 Å². The van der Waals surface area contributed by atoms with E-state index in [0.29, 0.717) is 0 Å². The molecule has 15 heteroatoms. The molecule has 3 aromatic carbocycles. The third-order valence-electron chi connectivity index (χ3n) is 6.66. The van der Waals surface area contributed by atoms with Crippen molar-refractivity contribution < 1.29 is 35.0 Å². The zero-order valence-corrected chi connectivity index (χ0v) is 36.2. The number of hydrogen-bond donors (Lipinski definition) is 1. The molecule has 6 rings (SSSR count). The van der Waals surface area contributed by atoms with Crippen LogP contribution in [0.2, 0.25) is 0 Å². The quantitative estimate of drug-likeness (QED) is 0.176. The van der Waals surface area contributed by atoms with Gasteiger partial charge in [-0.2, -0.15) is 0 Å². The van der Waals surface area contributed by atoms with Crippen molar-refractivity contribution in [3.8, 4) is 0 Å². The number of alkyl halides is 1. The number of H-pyrrole nitrogens is 1. The van der Waals surface area contributed by atoms with Gasteiger partial charge in [0.15, 0.2) is 0 Å². The second-order valence-electron chi connectivity index (χ2n) is 11.3. The molecule has 0 aliphatic rings. The maximum absolute atomic E-state index is 5.35. The number of imidazole rings is 3. The minimum atomic E-state index is 0. The van der Waals surface area contributed by atoms with Crippen LogP contribution in [0.15, 0.2) is 87.0 Å². The molecule has 0 saturated heterocycles. The van der Waals surface area contributed by atoms with Gasteiger partial charge in [0, 0.05) is 52.0 Å². The van der Waals surface area contributed by atoms with Crippen LogP contribution in [0.5, 0.6) is 0 Å².